The van der Waals surface area contributed by atoms with E-state index in [0.717, 1.165) is 11.3 Å². The van der Waals surface area contributed by atoms with Gasteiger partial charge in [0.2, 0.25) is 5.88 Å². The highest BCUT2D eigenvalue weighted by molar-refractivity contribution is 6.36. The molecule has 7 heteroatoms. The summed E-state index contributed by atoms with van der Waals surface area (Å²) in [6.07, 6.45) is 1.89. The monoisotopic (exact) mass is 327 g/mol. The lowest BCUT2D eigenvalue weighted by molar-refractivity contribution is 0.107. The summed E-state index contributed by atoms with van der Waals surface area (Å²) in [5, 5.41) is 0. The Kier molecular flexibility index (Phi) is 9.32. The van der Waals surface area contributed by atoms with Crippen LogP contribution in [0.3, 0.4) is 0 Å². The second-order valence-electron chi connectivity index (χ2n) is 4.11. The largest absolute Gasteiger partial charge is 0.484 e. The van der Waals surface area contributed by atoms with Crippen molar-refractivity contribution in [1.82, 2.24) is 5.48 Å². The zero-order valence-corrected chi connectivity index (χ0v) is 14.8. The van der Waals surface area contributed by atoms with Crippen LogP contribution >= 0.6 is 0 Å². The molecule has 2 rings (SSSR count). The van der Waals surface area contributed by atoms with Crippen LogP contribution in [0.5, 0.6) is 5.75 Å². The van der Waals surface area contributed by atoms with Crippen LogP contribution in [0, 0.1) is 0 Å². The molecule has 22 heavy (non-hydrogen) atoms. The van der Waals surface area contributed by atoms with Crippen LogP contribution in [-0.2, 0) is 18.0 Å². The normalized spacial score (nSPS) is 12.3. The molecule has 0 aromatic heterocycles. The SMILES string of the molecule is CCO[SiH](OCC)OCC.COC1=Cc2ccccc2ON1. The number of methoxy groups -OCH3 is 1. The molecule has 1 aliphatic heterocycles. The highest BCUT2D eigenvalue weighted by Crippen LogP contribution is 2.23. The lowest BCUT2D eigenvalue weighted by Gasteiger charge is -2.16. The second-order valence-corrected chi connectivity index (χ2v) is 5.69. The number of para-hydroxylation sites is 1. The Labute approximate surface area is 133 Å². The molecule has 1 N–H and O–H groups in total. The van der Waals surface area contributed by atoms with Gasteiger partial charge in [0, 0.05) is 31.5 Å². The fourth-order valence-electron chi connectivity index (χ4n) is 1.62. The van der Waals surface area contributed by atoms with Crippen molar-refractivity contribution in [1.29, 1.82) is 0 Å². The molecule has 0 aliphatic carbocycles. The lowest BCUT2D eigenvalue weighted by atomic mass is 10.2. The second kappa shape index (κ2) is 11.1. The molecule has 1 heterocycles. The number of benzene rings is 1. The van der Waals surface area contributed by atoms with Crippen molar-refractivity contribution in [3.63, 3.8) is 0 Å². The summed E-state index contributed by atoms with van der Waals surface area (Å²) in [5.41, 5.74) is 3.69. The summed E-state index contributed by atoms with van der Waals surface area (Å²) in [5.74, 6) is 1.44. The quantitative estimate of drug-likeness (QED) is 0.776. The van der Waals surface area contributed by atoms with E-state index in [4.69, 9.17) is 22.9 Å². The zero-order chi connectivity index (χ0) is 16.2. The van der Waals surface area contributed by atoms with E-state index in [1.165, 1.54) is 0 Å². The topological polar surface area (TPSA) is 58.2 Å². The van der Waals surface area contributed by atoms with Crippen molar-refractivity contribution in [2.24, 2.45) is 0 Å². The van der Waals surface area contributed by atoms with Gasteiger partial charge in [-0.1, -0.05) is 18.2 Å². The Balaban J connectivity index is 0.000000225. The fourth-order valence-corrected chi connectivity index (χ4v) is 2.73. The van der Waals surface area contributed by atoms with E-state index in [9.17, 15) is 0 Å². The van der Waals surface area contributed by atoms with Gasteiger partial charge in [-0.3, -0.25) is 0 Å². The number of hydrogen-bond donors (Lipinski definition) is 1. The molecule has 6 nitrogen and oxygen atoms in total. The Hall–Kier alpha value is -1.54. The van der Waals surface area contributed by atoms with E-state index < -0.39 is 9.53 Å². The van der Waals surface area contributed by atoms with Gasteiger partial charge in [-0.25, -0.2) is 0 Å². The number of nitrogens with one attached hydrogen (secondary N) is 1. The van der Waals surface area contributed by atoms with Crippen LogP contribution in [0.1, 0.15) is 26.3 Å². The summed E-state index contributed by atoms with van der Waals surface area (Å²) in [4.78, 5) is 5.18. The standard InChI is InChI=1S/C9H9NO2.C6H16O3Si/c1-11-9-6-7-4-2-3-5-8(7)12-10-9;1-4-7-10(8-5-2)9-6-3/h2-6,10H,1H3;10H,4-6H2,1-3H3. The Morgan fingerprint density at radius 3 is 2.14 bits per heavy atom. The first kappa shape index (κ1) is 18.5. The van der Waals surface area contributed by atoms with E-state index in [1.807, 2.05) is 51.1 Å². The van der Waals surface area contributed by atoms with Gasteiger partial charge in [0.1, 0.15) is 0 Å². The van der Waals surface area contributed by atoms with Crippen molar-refractivity contribution in [2.75, 3.05) is 26.9 Å². The van der Waals surface area contributed by atoms with Crippen LogP contribution in [0.2, 0.25) is 0 Å². The summed E-state index contributed by atoms with van der Waals surface area (Å²) in [7, 11) is -0.140. The molecule has 0 fully saturated rings. The molecular weight excluding hydrogens is 302 g/mol. The van der Waals surface area contributed by atoms with Gasteiger partial charge < -0.3 is 22.9 Å². The molecule has 0 radical (unpaired) electrons. The maximum Gasteiger partial charge on any atom is 0.484 e. The lowest BCUT2D eigenvalue weighted by Crippen LogP contribution is -2.27. The van der Waals surface area contributed by atoms with E-state index in [1.54, 1.807) is 7.11 Å². The number of fused-ring (bicyclic) bond motifs is 1. The summed E-state index contributed by atoms with van der Waals surface area (Å²) in [6.45, 7) is 7.86. The molecule has 0 bridgehead atoms. The van der Waals surface area contributed by atoms with Crippen molar-refractivity contribution in [2.45, 2.75) is 20.8 Å². The smallest absolute Gasteiger partial charge is 0.481 e. The first-order valence-corrected chi connectivity index (χ1v) is 8.78. The first-order valence-electron chi connectivity index (χ1n) is 7.37. The molecule has 0 amide bonds. The van der Waals surface area contributed by atoms with Crippen molar-refractivity contribution >= 4 is 15.6 Å². The van der Waals surface area contributed by atoms with E-state index in [-0.39, 0.29) is 0 Å². The molecule has 0 saturated carbocycles. The van der Waals surface area contributed by atoms with E-state index in [0.29, 0.717) is 25.7 Å². The molecule has 1 aromatic carbocycles. The third kappa shape index (κ3) is 6.48. The first-order chi connectivity index (χ1) is 10.7. The number of hydroxylamine groups is 1. The fraction of sp³-hybridized carbons (Fsp3) is 0.467. The average Bonchev–Trinajstić information content (AvgIpc) is 2.56. The predicted octanol–water partition coefficient (Wildman–Crippen LogP) is 2.34. The van der Waals surface area contributed by atoms with Gasteiger partial charge in [0.25, 0.3) is 0 Å². The number of rotatable bonds is 7. The summed E-state index contributed by atoms with van der Waals surface area (Å²) >= 11 is 0. The molecular formula is C15H25NO5Si. The third-order valence-corrected chi connectivity index (χ3v) is 4.41. The molecule has 1 aromatic rings. The highest BCUT2D eigenvalue weighted by Gasteiger charge is 2.11. The van der Waals surface area contributed by atoms with Gasteiger partial charge in [0.05, 0.1) is 7.11 Å². The minimum atomic E-state index is -1.73. The molecule has 124 valence electrons. The summed E-state index contributed by atoms with van der Waals surface area (Å²) in [6, 6.07) is 7.74. The van der Waals surface area contributed by atoms with Crippen LogP contribution in [0.4, 0.5) is 0 Å². The maximum absolute atomic E-state index is 5.22. The maximum atomic E-state index is 5.22. The van der Waals surface area contributed by atoms with Crippen LogP contribution in [0.15, 0.2) is 30.1 Å². The van der Waals surface area contributed by atoms with E-state index in [2.05, 4.69) is 5.48 Å². The minimum absolute atomic E-state index is 0.619. The minimum Gasteiger partial charge on any atom is -0.481 e. The van der Waals surface area contributed by atoms with Crippen molar-refractivity contribution in [3.8, 4) is 5.75 Å². The van der Waals surface area contributed by atoms with Crippen LogP contribution < -0.4 is 10.3 Å². The van der Waals surface area contributed by atoms with Gasteiger partial charge in [-0.05, 0) is 26.8 Å². The Bertz CT molecular complexity index is 441. The summed E-state index contributed by atoms with van der Waals surface area (Å²) < 4.78 is 20.6. The van der Waals surface area contributed by atoms with E-state index >= 15 is 0 Å². The Morgan fingerprint density at radius 1 is 1.00 bits per heavy atom. The molecule has 0 saturated heterocycles. The number of ether oxygens (including phenoxy) is 1. The molecule has 0 atom stereocenters. The Morgan fingerprint density at radius 2 is 1.59 bits per heavy atom. The van der Waals surface area contributed by atoms with Gasteiger partial charge in [-0.2, -0.15) is 5.48 Å². The van der Waals surface area contributed by atoms with Crippen molar-refractivity contribution in [3.05, 3.63) is 35.7 Å². The van der Waals surface area contributed by atoms with Gasteiger partial charge in [-0.15, -0.1) is 0 Å². The van der Waals surface area contributed by atoms with Crippen LogP contribution in [-0.4, -0.2) is 36.5 Å². The predicted molar refractivity (Wildman–Crippen MR) is 87.2 cm³/mol. The third-order valence-electron chi connectivity index (χ3n) is 2.60. The molecule has 0 spiro atoms. The zero-order valence-electron chi connectivity index (χ0n) is 13.6. The highest BCUT2D eigenvalue weighted by atomic mass is 28.3. The van der Waals surface area contributed by atoms with Crippen LogP contribution in [0.25, 0.3) is 6.08 Å². The van der Waals surface area contributed by atoms with Crippen molar-refractivity contribution < 1.29 is 22.9 Å². The number of hydrogen-bond acceptors (Lipinski definition) is 6. The molecule has 1 aliphatic rings. The average molecular weight is 327 g/mol. The van der Waals surface area contributed by atoms with Gasteiger partial charge in [0.15, 0.2) is 5.75 Å². The van der Waals surface area contributed by atoms with Gasteiger partial charge >= 0.3 is 9.53 Å². The molecule has 0 unspecified atom stereocenters.